The van der Waals surface area contributed by atoms with Gasteiger partial charge in [-0.15, -0.1) is 0 Å². The summed E-state index contributed by atoms with van der Waals surface area (Å²) in [5.74, 6) is -0.813. The third-order valence-electron chi connectivity index (χ3n) is 4.96. The van der Waals surface area contributed by atoms with Gasteiger partial charge in [0.1, 0.15) is 5.75 Å². The fourth-order valence-electron chi connectivity index (χ4n) is 3.35. The van der Waals surface area contributed by atoms with Crippen LogP contribution in [0.25, 0.3) is 0 Å². The molecule has 2 aromatic rings. The maximum Gasteiger partial charge on any atom is 0.338 e. The highest BCUT2D eigenvalue weighted by molar-refractivity contribution is 6.02. The molecule has 1 heterocycles. The second-order valence-electron chi connectivity index (χ2n) is 7.83. The van der Waals surface area contributed by atoms with Gasteiger partial charge >= 0.3 is 11.9 Å². The first-order valence-electron chi connectivity index (χ1n) is 10.8. The van der Waals surface area contributed by atoms with Crippen LogP contribution in [0.4, 0.5) is 5.69 Å². The first-order chi connectivity index (χ1) is 15.8. The molecule has 0 radical (unpaired) electrons. The summed E-state index contributed by atoms with van der Waals surface area (Å²) in [7, 11) is 0. The van der Waals surface area contributed by atoms with Crippen LogP contribution in [0.1, 0.15) is 59.9 Å². The van der Waals surface area contributed by atoms with E-state index in [1.165, 1.54) is 0 Å². The Hall–Kier alpha value is -3.68. The largest absolute Gasteiger partial charge is 0.482 e. The summed E-state index contributed by atoms with van der Waals surface area (Å²) in [4.78, 5) is 50.3. The third kappa shape index (κ3) is 6.19. The van der Waals surface area contributed by atoms with Crippen molar-refractivity contribution in [3.8, 4) is 5.75 Å². The molecule has 2 aromatic carbocycles. The van der Waals surface area contributed by atoms with Gasteiger partial charge in [0.2, 0.25) is 0 Å². The summed E-state index contributed by atoms with van der Waals surface area (Å²) in [5.41, 5.74) is 2.09. The van der Waals surface area contributed by atoms with E-state index in [-0.39, 0.29) is 50.4 Å². The summed E-state index contributed by atoms with van der Waals surface area (Å²) in [6, 6.07) is 11.7. The van der Waals surface area contributed by atoms with Crippen molar-refractivity contribution in [1.82, 2.24) is 0 Å². The standard InChI is InChI=1S/C25H27NO7/c1-4-31-24(29)12-10-21(27)19-9-11-22-20(13-19)26(23(28)15-32-22)14-17-5-7-18(8-6-17)25(30)33-16(2)3/h5-9,11,13,16H,4,10,12,14-15H2,1-3H3. The zero-order valence-corrected chi connectivity index (χ0v) is 19.0. The lowest BCUT2D eigenvalue weighted by Crippen LogP contribution is -2.38. The third-order valence-corrected chi connectivity index (χ3v) is 4.96. The topological polar surface area (TPSA) is 99.2 Å². The van der Waals surface area contributed by atoms with Gasteiger partial charge in [-0.25, -0.2) is 4.79 Å². The Kier molecular flexibility index (Phi) is 7.82. The normalized spacial score (nSPS) is 12.7. The molecule has 1 aliphatic rings. The van der Waals surface area contributed by atoms with Gasteiger partial charge < -0.3 is 19.1 Å². The van der Waals surface area contributed by atoms with Gasteiger partial charge in [0.05, 0.1) is 36.9 Å². The molecule has 3 rings (SSSR count). The first-order valence-corrected chi connectivity index (χ1v) is 10.8. The van der Waals surface area contributed by atoms with Gasteiger partial charge in [-0.05, 0) is 56.7 Å². The van der Waals surface area contributed by atoms with Crippen molar-refractivity contribution in [2.45, 2.75) is 46.3 Å². The number of ether oxygens (including phenoxy) is 3. The van der Waals surface area contributed by atoms with E-state index >= 15 is 0 Å². The molecule has 174 valence electrons. The second-order valence-corrected chi connectivity index (χ2v) is 7.83. The predicted molar refractivity (Wildman–Crippen MR) is 120 cm³/mol. The maximum absolute atomic E-state index is 12.6. The number of Topliss-reactive ketones (excluding diaryl/α,β-unsaturated/α-hetero) is 1. The summed E-state index contributed by atoms with van der Waals surface area (Å²) in [5, 5.41) is 0. The Bertz CT molecular complexity index is 1040. The molecule has 0 saturated carbocycles. The van der Waals surface area contributed by atoms with Crippen molar-refractivity contribution in [2.75, 3.05) is 18.1 Å². The Balaban J connectivity index is 1.76. The van der Waals surface area contributed by atoms with Crippen LogP contribution < -0.4 is 9.64 Å². The number of fused-ring (bicyclic) bond motifs is 1. The number of anilines is 1. The first kappa shape index (κ1) is 24.0. The summed E-state index contributed by atoms with van der Waals surface area (Å²) in [6.45, 7) is 5.67. The molecule has 0 spiro atoms. The molecule has 0 fully saturated rings. The molecule has 1 amide bonds. The summed E-state index contributed by atoms with van der Waals surface area (Å²) < 4.78 is 15.6. The summed E-state index contributed by atoms with van der Waals surface area (Å²) >= 11 is 0. The number of amides is 1. The van der Waals surface area contributed by atoms with Crippen molar-refractivity contribution in [3.05, 3.63) is 59.2 Å². The minimum atomic E-state index is -0.426. The van der Waals surface area contributed by atoms with E-state index in [9.17, 15) is 19.2 Å². The van der Waals surface area contributed by atoms with Crippen molar-refractivity contribution < 1.29 is 33.4 Å². The molecular formula is C25H27NO7. The molecule has 8 nitrogen and oxygen atoms in total. The van der Waals surface area contributed by atoms with Crippen LogP contribution in [-0.4, -0.2) is 42.9 Å². The highest BCUT2D eigenvalue weighted by atomic mass is 16.5. The minimum Gasteiger partial charge on any atom is -0.482 e. The Labute approximate surface area is 192 Å². The van der Waals surface area contributed by atoms with E-state index in [4.69, 9.17) is 14.2 Å². The SMILES string of the molecule is CCOC(=O)CCC(=O)c1ccc2c(c1)N(Cc1ccc(C(=O)OC(C)C)cc1)C(=O)CO2. The van der Waals surface area contributed by atoms with Crippen molar-refractivity contribution in [2.24, 2.45) is 0 Å². The van der Waals surface area contributed by atoms with Crippen LogP contribution in [0.2, 0.25) is 0 Å². The van der Waals surface area contributed by atoms with E-state index < -0.39 is 11.9 Å². The smallest absolute Gasteiger partial charge is 0.338 e. The quantitative estimate of drug-likeness (QED) is 0.422. The monoisotopic (exact) mass is 453 g/mol. The van der Waals surface area contributed by atoms with Gasteiger partial charge in [-0.2, -0.15) is 0 Å². The lowest BCUT2D eigenvalue weighted by Gasteiger charge is -2.30. The number of ketones is 1. The van der Waals surface area contributed by atoms with E-state index in [0.29, 0.717) is 22.6 Å². The average molecular weight is 453 g/mol. The van der Waals surface area contributed by atoms with Gasteiger partial charge in [0.15, 0.2) is 12.4 Å². The van der Waals surface area contributed by atoms with Crippen molar-refractivity contribution in [1.29, 1.82) is 0 Å². The molecule has 0 bridgehead atoms. The van der Waals surface area contributed by atoms with Crippen LogP contribution in [-0.2, 0) is 25.6 Å². The van der Waals surface area contributed by atoms with Gasteiger partial charge in [0.25, 0.3) is 5.91 Å². The second kappa shape index (κ2) is 10.8. The Morgan fingerprint density at radius 2 is 1.73 bits per heavy atom. The number of nitrogens with zero attached hydrogens (tertiary/aromatic N) is 1. The Morgan fingerprint density at radius 3 is 2.39 bits per heavy atom. The number of carbonyl (C=O) groups is 4. The zero-order chi connectivity index (χ0) is 24.0. The Morgan fingerprint density at radius 1 is 1.03 bits per heavy atom. The molecule has 0 atom stereocenters. The predicted octanol–water partition coefficient (Wildman–Crippen LogP) is 3.70. The minimum absolute atomic E-state index is 0.00546. The lowest BCUT2D eigenvalue weighted by molar-refractivity contribution is -0.143. The number of carbonyl (C=O) groups excluding carboxylic acids is 4. The molecule has 1 aliphatic heterocycles. The lowest BCUT2D eigenvalue weighted by atomic mass is 10.0. The number of rotatable bonds is 9. The number of hydrogen-bond acceptors (Lipinski definition) is 7. The van der Waals surface area contributed by atoms with Crippen LogP contribution in [0, 0.1) is 0 Å². The van der Waals surface area contributed by atoms with Gasteiger partial charge in [0, 0.05) is 12.0 Å². The molecular weight excluding hydrogens is 426 g/mol. The number of benzene rings is 2. The highest BCUT2D eigenvalue weighted by Crippen LogP contribution is 2.34. The van der Waals surface area contributed by atoms with Crippen LogP contribution in [0.5, 0.6) is 5.75 Å². The van der Waals surface area contributed by atoms with Gasteiger partial charge in [-0.3, -0.25) is 14.4 Å². The zero-order valence-electron chi connectivity index (χ0n) is 19.0. The number of esters is 2. The van der Waals surface area contributed by atoms with E-state index in [0.717, 1.165) is 5.56 Å². The summed E-state index contributed by atoms with van der Waals surface area (Å²) in [6.07, 6.45) is -0.205. The van der Waals surface area contributed by atoms with Crippen molar-refractivity contribution in [3.63, 3.8) is 0 Å². The fourth-order valence-corrected chi connectivity index (χ4v) is 3.35. The molecule has 8 heteroatoms. The fraction of sp³-hybridized carbons (Fsp3) is 0.360. The van der Waals surface area contributed by atoms with Crippen LogP contribution in [0.15, 0.2) is 42.5 Å². The molecule has 33 heavy (non-hydrogen) atoms. The molecule has 0 N–H and O–H groups in total. The van der Waals surface area contributed by atoms with E-state index in [2.05, 4.69) is 0 Å². The van der Waals surface area contributed by atoms with Crippen LogP contribution in [0.3, 0.4) is 0 Å². The maximum atomic E-state index is 12.6. The average Bonchev–Trinajstić information content (AvgIpc) is 2.79. The molecule has 0 saturated heterocycles. The highest BCUT2D eigenvalue weighted by Gasteiger charge is 2.27. The van der Waals surface area contributed by atoms with Crippen LogP contribution >= 0.6 is 0 Å². The van der Waals surface area contributed by atoms with E-state index in [1.54, 1.807) is 68.1 Å². The van der Waals surface area contributed by atoms with Gasteiger partial charge in [-0.1, -0.05) is 12.1 Å². The van der Waals surface area contributed by atoms with E-state index in [1.807, 2.05) is 0 Å². The number of hydrogen-bond donors (Lipinski definition) is 0. The van der Waals surface area contributed by atoms with Crippen molar-refractivity contribution >= 4 is 29.3 Å². The molecule has 0 aliphatic carbocycles. The molecule has 0 unspecified atom stereocenters. The molecule has 0 aromatic heterocycles.